The third-order valence-corrected chi connectivity index (χ3v) is 4.95. The molecule has 3 aromatic rings. The van der Waals surface area contributed by atoms with E-state index in [0.29, 0.717) is 30.7 Å². The van der Waals surface area contributed by atoms with E-state index in [-0.39, 0.29) is 29.7 Å². The number of ether oxygens (including phenoxy) is 1. The number of guanidine groups is 1. The van der Waals surface area contributed by atoms with Gasteiger partial charge in [-0.1, -0.05) is 25.1 Å². The predicted molar refractivity (Wildman–Crippen MR) is 133 cm³/mol. The van der Waals surface area contributed by atoms with Gasteiger partial charge in [-0.15, -0.1) is 24.0 Å². The number of pyridine rings is 1. The lowest BCUT2D eigenvalue weighted by molar-refractivity contribution is 0.368. The normalized spacial score (nSPS) is 11.2. The lowest BCUT2D eigenvalue weighted by Gasteiger charge is -2.12. The molecule has 2 heterocycles. The van der Waals surface area contributed by atoms with Crippen LogP contribution in [0.15, 0.2) is 58.3 Å². The Balaban J connectivity index is 0.00000363. The van der Waals surface area contributed by atoms with Crippen LogP contribution in [0.2, 0.25) is 0 Å². The maximum atomic E-state index is 14.4. The topological polar surface area (TPSA) is 84.6 Å². The summed E-state index contributed by atoms with van der Waals surface area (Å²) in [5.41, 5.74) is 1.74. The molecule has 0 fully saturated rings. The van der Waals surface area contributed by atoms with Crippen molar-refractivity contribution in [1.82, 2.24) is 20.8 Å². The summed E-state index contributed by atoms with van der Waals surface area (Å²) < 4.78 is 25.3. The minimum absolute atomic E-state index is 0. The maximum Gasteiger partial charge on any atom is 0.191 e. The molecule has 0 saturated heterocycles. The van der Waals surface area contributed by atoms with Crippen molar-refractivity contribution in [2.24, 2.45) is 4.99 Å². The van der Waals surface area contributed by atoms with Gasteiger partial charge in [0.15, 0.2) is 23.3 Å². The number of nitrogens with zero attached hydrogens (tertiary/aromatic N) is 3. The summed E-state index contributed by atoms with van der Waals surface area (Å²) in [6.45, 7) is 5.15. The summed E-state index contributed by atoms with van der Waals surface area (Å²) >= 11 is 0. The summed E-state index contributed by atoms with van der Waals surface area (Å²) in [7, 11) is 1.68. The van der Waals surface area contributed by atoms with E-state index in [4.69, 9.17) is 9.26 Å². The Bertz CT molecular complexity index is 993. The largest absolute Gasteiger partial charge is 0.453 e. The van der Waals surface area contributed by atoms with E-state index < -0.39 is 5.82 Å². The van der Waals surface area contributed by atoms with Crippen LogP contribution in [0.1, 0.15) is 49.6 Å². The summed E-state index contributed by atoms with van der Waals surface area (Å²) in [5.74, 6) is 1.93. The molecule has 0 unspecified atom stereocenters. The van der Waals surface area contributed by atoms with E-state index in [1.165, 1.54) is 12.3 Å². The SMILES string of the molecule is CCC(CC)c1cc(CNC(=NC)NCc2ccc(Oc3cccnc3)c(F)c2)on1.I. The molecule has 32 heavy (non-hydrogen) atoms. The molecule has 0 radical (unpaired) electrons. The van der Waals surface area contributed by atoms with Gasteiger partial charge in [0.2, 0.25) is 0 Å². The summed E-state index contributed by atoms with van der Waals surface area (Å²) in [6.07, 6.45) is 5.23. The van der Waals surface area contributed by atoms with Crippen LogP contribution in [0.5, 0.6) is 11.5 Å². The van der Waals surface area contributed by atoms with Gasteiger partial charge in [-0.25, -0.2) is 4.39 Å². The zero-order chi connectivity index (χ0) is 22.1. The Morgan fingerprint density at radius 1 is 1.16 bits per heavy atom. The van der Waals surface area contributed by atoms with Gasteiger partial charge in [0, 0.05) is 31.8 Å². The summed E-state index contributed by atoms with van der Waals surface area (Å²) in [5, 5.41) is 10.5. The highest BCUT2D eigenvalue weighted by molar-refractivity contribution is 14.0. The molecule has 0 bridgehead atoms. The molecule has 1 aromatic carbocycles. The number of rotatable bonds is 9. The molecule has 2 N–H and O–H groups in total. The molecule has 0 saturated carbocycles. The second-order valence-corrected chi connectivity index (χ2v) is 7.07. The smallest absolute Gasteiger partial charge is 0.191 e. The van der Waals surface area contributed by atoms with Crippen molar-refractivity contribution in [2.75, 3.05) is 7.05 Å². The standard InChI is InChI=1S/C23H28FN5O2.HI/c1-4-17(5-2)21-12-19(31-29-21)15-28-23(25-3)27-13-16-8-9-22(20(24)11-16)30-18-7-6-10-26-14-18;/h6-12,14,17H,4-5,13,15H2,1-3H3,(H2,25,27,28);1H. The molecule has 9 heteroatoms. The maximum absolute atomic E-state index is 14.4. The van der Waals surface area contributed by atoms with Crippen LogP contribution in [0.4, 0.5) is 4.39 Å². The third-order valence-electron chi connectivity index (χ3n) is 4.95. The van der Waals surface area contributed by atoms with Gasteiger partial charge in [-0.2, -0.15) is 0 Å². The molecule has 0 aliphatic carbocycles. The number of aromatic nitrogens is 2. The Morgan fingerprint density at radius 2 is 1.94 bits per heavy atom. The van der Waals surface area contributed by atoms with Crippen molar-refractivity contribution in [3.05, 3.63) is 71.6 Å². The van der Waals surface area contributed by atoms with E-state index >= 15 is 0 Å². The molecule has 172 valence electrons. The lowest BCUT2D eigenvalue weighted by Crippen LogP contribution is -2.36. The summed E-state index contributed by atoms with van der Waals surface area (Å²) in [4.78, 5) is 8.15. The van der Waals surface area contributed by atoms with Crippen LogP contribution in [-0.2, 0) is 13.1 Å². The van der Waals surface area contributed by atoms with Gasteiger partial charge < -0.3 is 19.9 Å². The van der Waals surface area contributed by atoms with Crippen LogP contribution in [-0.4, -0.2) is 23.1 Å². The quantitative estimate of drug-likeness (QED) is 0.210. The Hall–Kier alpha value is -2.69. The van der Waals surface area contributed by atoms with E-state index in [0.717, 1.165) is 29.9 Å². The van der Waals surface area contributed by atoms with Crippen molar-refractivity contribution in [1.29, 1.82) is 0 Å². The predicted octanol–water partition coefficient (Wildman–Crippen LogP) is 5.39. The third kappa shape index (κ3) is 7.18. The molecule has 2 aromatic heterocycles. The van der Waals surface area contributed by atoms with Gasteiger partial charge >= 0.3 is 0 Å². The van der Waals surface area contributed by atoms with Crippen molar-refractivity contribution >= 4 is 29.9 Å². The number of benzene rings is 1. The number of nitrogens with one attached hydrogen (secondary N) is 2. The van der Waals surface area contributed by atoms with Crippen LogP contribution in [0.3, 0.4) is 0 Å². The van der Waals surface area contributed by atoms with Gasteiger partial charge in [0.1, 0.15) is 5.75 Å². The minimum Gasteiger partial charge on any atom is -0.453 e. The van der Waals surface area contributed by atoms with E-state index in [9.17, 15) is 4.39 Å². The zero-order valence-electron chi connectivity index (χ0n) is 18.5. The van der Waals surface area contributed by atoms with Gasteiger partial charge in [-0.05, 0) is 42.7 Å². The van der Waals surface area contributed by atoms with E-state index in [1.54, 1.807) is 37.5 Å². The Labute approximate surface area is 204 Å². The first kappa shape index (κ1) is 25.6. The first-order valence-corrected chi connectivity index (χ1v) is 10.4. The average Bonchev–Trinajstić information content (AvgIpc) is 3.26. The monoisotopic (exact) mass is 553 g/mol. The fourth-order valence-electron chi connectivity index (χ4n) is 3.16. The Morgan fingerprint density at radius 3 is 2.59 bits per heavy atom. The van der Waals surface area contributed by atoms with E-state index in [2.05, 4.69) is 39.6 Å². The van der Waals surface area contributed by atoms with Crippen molar-refractivity contribution in [3.8, 4) is 11.5 Å². The van der Waals surface area contributed by atoms with Crippen molar-refractivity contribution < 1.29 is 13.7 Å². The van der Waals surface area contributed by atoms with Gasteiger partial charge in [0.05, 0.1) is 18.4 Å². The first-order chi connectivity index (χ1) is 15.1. The molecule has 0 aliphatic rings. The fraction of sp³-hybridized carbons (Fsp3) is 0.348. The Kier molecular flexibility index (Phi) is 10.4. The highest BCUT2D eigenvalue weighted by Crippen LogP contribution is 2.24. The zero-order valence-corrected chi connectivity index (χ0v) is 20.8. The van der Waals surface area contributed by atoms with Crippen molar-refractivity contribution in [2.45, 2.75) is 45.7 Å². The second kappa shape index (κ2) is 13.0. The molecule has 0 amide bonds. The molecule has 0 atom stereocenters. The molecular weight excluding hydrogens is 524 g/mol. The highest BCUT2D eigenvalue weighted by Gasteiger charge is 2.13. The molecular formula is C23H29FIN5O2. The molecule has 0 spiro atoms. The van der Waals surface area contributed by atoms with Gasteiger partial charge in [-0.3, -0.25) is 9.98 Å². The van der Waals surface area contributed by atoms with E-state index in [1.807, 2.05) is 6.07 Å². The van der Waals surface area contributed by atoms with Gasteiger partial charge in [0.25, 0.3) is 0 Å². The minimum atomic E-state index is -0.443. The van der Waals surface area contributed by atoms with Crippen molar-refractivity contribution in [3.63, 3.8) is 0 Å². The molecule has 0 aliphatic heterocycles. The molecule has 7 nitrogen and oxygen atoms in total. The second-order valence-electron chi connectivity index (χ2n) is 7.07. The number of aliphatic imine (C=N–C) groups is 1. The highest BCUT2D eigenvalue weighted by atomic mass is 127. The summed E-state index contributed by atoms with van der Waals surface area (Å²) in [6, 6.07) is 10.3. The number of hydrogen-bond acceptors (Lipinski definition) is 5. The van der Waals surface area contributed by atoms with Crippen LogP contribution >= 0.6 is 24.0 Å². The average molecular weight is 553 g/mol. The lowest BCUT2D eigenvalue weighted by atomic mass is 9.99. The number of halogens is 2. The first-order valence-electron chi connectivity index (χ1n) is 10.4. The van der Waals surface area contributed by atoms with Crippen LogP contribution in [0.25, 0.3) is 0 Å². The number of hydrogen-bond donors (Lipinski definition) is 2. The van der Waals surface area contributed by atoms with Crippen LogP contribution < -0.4 is 15.4 Å². The fourth-order valence-corrected chi connectivity index (χ4v) is 3.16. The molecule has 3 rings (SSSR count). The van der Waals surface area contributed by atoms with Crippen LogP contribution in [0, 0.1) is 5.82 Å².